The summed E-state index contributed by atoms with van der Waals surface area (Å²) in [5.41, 5.74) is 4.80. The lowest BCUT2D eigenvalue weighted by Crippen LogP contribution is -2.84. The van der Waals surface area contributed by atoms with Gasteiger partial charge in [-0.15, -0.1) is 0 Å². The smallest absolute Gasteiger partial charge is 0.351 e. The Hall–Kier alpha value is -4.25. The van der Waals surface area contributed by atoms with E-state index in [1.165, 1.54) is 0 Å². The minimum atomic E-state index is -0.355. The zero-order valence-electron chi connectivity index (χ0n) is 18.3. The van der Waals surface area contributed by atoms with E-state index < -0.39 is 0 Å². The third kappa shape index (κ3) is 4.33. The van der Waals surface area contributed by atoms with Crippen molar-refractivity contribution in [3.05, 3.63) is 64.6 Å². The largest absolute Gasteiger partial charge is 0.486 e. The molecule has 0 radical (unpaired) electrons. The summed E-state index contributed by atoms with van der Waals surface area (Å²) in [6, 6.07) is 14.9. The molecule has 1 atom stereocenters. The van der Waals surface area contributed by atoms with Gasteiger partial charge in [0.1, 0.15) is 19.0 Å². The van der Waals surface area contributed by atoms with E-state index in [2.05, 4.69) is 15.5 Å². The summed E-state index contributed by atoms with van der Waals surface area (Å²) in [5.74, 6) is 13.4. The van der Waals surface area contributed by atoms with Crippen LogP contribution in [0.15, 0.2) is 53.3 Å². The Morgan fingerprint density at radius 1 is 1.21 bits per heavy atom. The number of hydrogen-bond acceptors (Lipinski definition) is 8. The lowest BCUT2D eigenvalue weighted by molar-refractivity contribution is -0.473. The predicted octanol–water partition coefficient (Wildman–Crippen LogP) is -1.12. The fourth-order valence-electron chi connectivity index (χ4n) is 3.95. The van der Waals surface area contributed by atoms with E-state index in [0.717, 1.165) is 16.8 Å². The summed E-state index contributed by atoms with van der Waals surface area (Å²) in [7, 11) is 0. The van der Waals surface area contributed by atoms with Gasteiger partial charge in [-0.25, -0.2) is 4.79 Å². The van der Waals surface area contributed by atoms with E-state index in [0.29, 0.717) is 42.7 Å². The van der Waals surface area contributed by atoms with Crippen molar-refractivity contribution in [2.45, 2.75) is 19.1 Å². The van der Waals surface area contributed by atoms with Gasteiger partial charge in [0, 0.05) is 18.2 Å². The highest BCUT2D eigenvalue weighted by molar-refractivity contribution is 5.77. The number of benzene rings is 2. The SMILES string of the molecule is NNC(COc1ccc2c(c1)CCn1c-2cc(OCC2COc3ccccc3O2)nc1=O)=[NH+]N. The number of hydrogen-bond donors (Lipinski definition) is 4. The normalized spacial score (nSPS) is 16.3. The van der Waals surface area contributed by atoms with Gasteiger partial charge in [0.05, 0.1) is 5.69 Å². The van der Waals surface area contributed by atoms with Crippen molar-refractivity contribution in [2.24, 2.45) is 11.7 Å². The van der Waals surface area contributed by atoms with Crippen molar-refractivity contribution < 1.29 is 24.0 Å². The van der Waals surface area contributed by atoms with Crippen LogP contribution < -0.4 is 46.8 Å². The van der Waals surface area contributed by atoms with Crippen LogP contribution in [0.3, 0.4) is 0 Å². The molecule has 2 aromatic carbocycles. The first-order valence-corrected chi connectivity index (χ1v) is 10.8. The van der Waals surface area contributed by atoms with E-state index in [-0.39, 0.29) is 30.9 Å². The van der Waals surface area contributed by atoms with E-state index in [4.69, 9.17) is 30.6 Å². The molecule has 0 aliphatic carbocycles. The van der Waals surface area contributed by atoms with Crippen molar-refractivity contribution in [3.8, 4) is 34.4 Å². The number of nitrogens with two attached hydrogens (primary N) is 2. The van der Waals surface area contributed by atoms with E-state index in [1.54, 1.807) is 10.6 Å². The van der Waals surface area contributed by atoms with Crippen LogP contribution in [0.25, 0.3) is 11.3 Å². The molecule has 176 valence electrons. The average molecular weight is 465 g/mol. The van der Waals surface area contributed by atoms with Gasteiger partial charge in [-0.05, 0) is 42.3 Å². The number of amidine groups is 1. The summed E-state index contributed by atoms with van der Waals surface area (Å²) >= 11 is 0. The molecular weight excluding hydrogens is 440 g/mol. The molecule has 11 heteroatoms. The summed E-state index contributed by atoms with van der Waals surface area (Å²) < 4.78 is 24.9. The predicted molar refractivity (Wildman–Crippen MR) is 122 cm³/mol. The summed E-state index contributed by atoms with van der Waals surface area (Å²) in [6.07, 6.45) is 0.365. The highest BCUT2D eigenvalue weighted by Gasteiger charge is 2.23. The number of aryl methyl sites for hydroxylation is 1. The number of hydrazone groups is 1. The van der Waals surface area contributed by atoms with Gasteiger partial charge >= 0.3 is 11.5 Å². The number of para-hydroxylation sites is 2. The number of aromatic nitrogens is 2. The zero-order valence-corrected chi connectivity index (χ0v) is 18.3. The molecule has 0 saturated carbocycles. The molecule has 1 aromatic heterocycles. The fourth-order valence-corrected chi connectivity index (χ4v) is 3.95. The van der Waals surface area contributed by atoms with Crippen molar-refractivity contribution >= 4 is 5.84 Å². The van der Waals surface area contributed by atoms with Crippen molar-refractivity contribution in [1.29, 1.82) is 0 Å². The Kier molecular flexibility index (Phi) is 5.91. The summed E-state index contributed by atoms with van der Waals surface area (Å²) in [4.78, 5) is 16.8. The van der Waals surface area contributed by atoms with Gasteiger partial charge in [-0.3, -0.25) is 10.4 Å². The molecule has 0 fully saturated rings. The molecule has 0 bridgehead atoms. The Bertz CT molecular complexity index is 1290. The molecule has 6 N–H and O–H groups in total. The maximum Gasteiger partial charge on any atom is 0.351 e. The van der Waals surface area contributed by atoms with Crippen LogP contribution in [0, 0.1) is 0 Å². The standard InChI is InChI=1S/C23H24N6O5/c24-27-21(28-25)13-31-15-5-6-17-14(9-15)7-8-29-18(17)10-22(26-23(29)30)33-12-16-11-32-19-3-1-2-4-20(19)34-16/h1-6,9-10,16H,7-8,11-13,24-25H2,(H,27,28)/p+1. The molecule has 11 nitrogen and oxygen atoms in total. The molecule has 0 amide bonds. The molecule has 1 unspecified atom stereocenters. The molecule has 34 heavy (non-hydrogen) atoms. The Labute approximate surface area is 194 Å². The Balaban J connectivity index is 1.32. The molecule has 3 heterocycles. The van der Waals surface area contributed by atoms with Gasteiger partial charge in [0.15, 0.2) is 24.2 Å². The number of hydrazine groups is 2. The third-order valence-electron chi connectivity index (χ3n) is 5.66. The Morgan fingerprint density at radius 3 is 2.88 bits per heavy atom. The Morgan fingerprint density at radius 2 is 2.06 bits per heavy atom. The fraction of sp³-hybridized carbons (Fsp3) is 0.261. The van der Waals surface area contributed by atoms with Crippen molar-refractivity contribution in [1.82, 2.24) is 15.0 Å². The average Bonchev–Trinajstić information content (AvgIpc) is 2.87. The molecule has 0 spiro atoms. The molecule has 2 aliphatic rings. The number of fused-ring (bicyclic) bond motifs is 4. The number of nitrogens with zero attached hydrogens (tertiary/aromatic N) is 2. The lowest BCUT2D eigenvalue weighted by atomic mass is 9.97. The van der Waals surface area contributed by atoms with Crippen LogP contribution in [-0.2, 0) is 13.0 Å². The van der Waals surface area contributed by atoms with E-state index in [1.807, 2.05) is 42.5 Å². The molecule has 0 saturated heterocycles. The molecule has 5 rings (SSSR count). The van der Waals surface area contributed by atoms with Gasteiger partial charge in [-0.1, -0.05) is 12.1 Å². The summed E-state index contributed by atoms with van der Waals surface area (Å²) in [5, 5.41) is 2.43. The molecule has 3 aromatic rings. The minimum Gasteiger partial charge on any atom is -0.486 e. The van der Waals surface area contributed by atoms with E-state index in [9.17, 15) is 4.79 Å². The van der Waals surface area contributed by atoms with Gasteiger partial charge < -0.3 is 18.9 Å². The summed E-state index contributed by atoms with van der Waals surface area (Å²) in [6.45, 7) is 1.24. The van der Waals surface area contributed by atoms with Gasteiger partial charge in [0.25, 0.3) is 0 Å². The maximum absolute atomic E-state index is 12.7. The zero-order chi connectivity index (χ0) is 23.5. The molecular formula is C23H25N6O5+. The van der Waals surface area contributed by atoms with Crippen LogP contribution in [0.4, 0.5) is 0 Å². The monoisotopic (exact) mass is 465 g/mol. The maximum atomic E-state index is 12.7. The third-order valence-corrected chi connectivity index (χ3v) is 5.66. The van der Waals surface area contributed by atoms with Crippen LogP contribution in [0.1, 0.15) is 5.56 Å². The first-order valence-electron chi connectivity index (χ1n) is 10.8. The highest BCUT2D eigenvalue weighted by atomic mass is 16.6. The molecule has 2 aliphatic heterocycles. The second kappa shape index (κ2) is 9.32. The lowest BCUT2D eigenvalue weighted by Gasteiger charge is -2.26. The van der Waals surface area contributed by atoms with Crippen molar-refractivity contribution in [2.75, 3.05) is 19.8 Å². The van der Waals surface area contributed by atoms with Crippen LogP contribution >= 0.6 is 0 Å². The number of rotatable bonds is 6. The van der Waals surface area contributed by atoms with Crippen LogP contribution in [-0.4, -0.2) is 41.3 Å². The quantitative estimate of drug-likeness (QED) is 0.154. The first kappa shape index (κ1) is 21.6. The first-order chi connectivity index (χ1) is 16.6. The topological polar surface area (TPSA) is 150 Å². The number of ether oxygens (including phenoxy) is 4. The van der Waals surface area contributed by atoms with Crippen molar-refractivity contribution in [3.63, 3.8) is 0 Å². The highest BCUT2D eigenvalue weighted by Crippen LogP contribution is 2.33. The van der Waals surface area contributed by atoms with E-state index >= 15 is 0 Å². The van der Waals surface area contributed by atoms with Crippen LogP contribution in [0.2, 0.25) is 0 Å². The second-order valence-electron chi connectivity index (χ2n) is 7.85. The van der Waals surface area contributed by atoms with Crippen LogP contribution in [0.5, 0.6) is 23.1 Å². The number of nitrogens with one attached hydrogen (secondary N) is 2. The van der Waals surface area contributed by atoms with Gasteiger partial charge in [0.2, 0.25) is 5.88 Å². The minimum absolute atomic E-state index is 0.168. The van der Waals surface area contributed by atoms with Gasteiger partial charge in [-0.2, -0.15) is 21.4 Å². The second-order valence-corrected chi connectivity index (χ2v) is 7.85.